The third-order valence-electron chi connectivity index (χ3n) is 2.94. The van der Waals surface area contributed by atoms with E-state index in [-0.39, 0.29) is 12.9 Å². The van der Waals surface area contributed by atoms with Crippen molar-refractivity contribution in [1.82, 2.24) is 9.55 Å². The van der Waals surface area contributed by atoms with Crippen LogP contribution in [-0.4, -0.2) is 26.4 Å². The van der Waals surface area contributed by atoms with E-state index < -0.39 is 24.9 Å². The maximum absolute atomic E-state index is 11.6. The SMILES string of the molecule is Cc1cn(CC2(OC[P+](=O)O)CC2)c(=O)[nH]c1=O. The highest BCUT2D eigenvalue weighted by Gasteiger charge is 2.46. The van der Waals surface area contributed by atoms with E-state index >= 15 is 0 Å². The Morgan fingerprint density at radius 3 is 2.78 bits per heavy atom. The van der Waals surface area contributed by atoms with Crippen molar-refractivity contribution in [2.45, 2.75) is 31.9 Å². The molecule has 1 unspecified atom stereocenters. The molecule has 0 spiro atoms. The number of aromatic amines is 1. The number of hydrogen-bond acceptors (Lipinski definition) is 4. The second kappa shape index (κ2) is 4.76. The second-order valence-corrected chi connectivity index (χ2v) is 5.47. The van der Waals surface area contributed by atoms with E-state index in [1.54, 1.807) is 6.92 Å². The molecule has 98 valence electrons. The average Bonchev–Trinajstić information content (AvgIpc) is 3.04. The van der Waals surface area contributed by atoms with Gasteiger partial charge in [0.15, 0.2) is 0 Å². The van der Waals surface area contributed by atoms with E-state index in [0.717, 1.165) is 12.8 Å². The Morgan fingerprint density at radius 2 is 2.22 bits per heavy atom. The van der Waals surface area contributed by atoms with Crippen molar-refractivity contribution in [3.05, 3.63) is 32.6 Å². The lowest BCUT2D eigenvalue weighted by Gasteiger charge is -2.14. The molecular weight excluding hydrogens is 259 g/mol. The quantitative estimate of drug-likeness (QED) is 0.740. The number of nitrogens with one attached hydrogen (secondary N) is 1. The highest BCUT2D eigenvalue weighted by Crippen LogP contribution is 2.42. The van der Waals surface area contributed by atoms with Crippen LogP contribution in [0.1, 0.15) is 18.4 Å². The first-order valence-corrected chi connectivity index (χ1v) is 6.89. The summed E-state index contributed by atoms with van der Waals surface area (Å²) in [5, 5.41) is 0. The van der Waals surface area contributed by atoms with Crippen LogP contribution in [0.25, 0.3) is 0 Å². The summed E-state index contributed by atoms with van der Waals surface area (Å²) in [7, 11) is -2.34. The fourth-order valence-corrected chi connectivity index (χ4v) is 2.11. The van der Waals surface area contributed by atoms with Gasteiger partial charge in [0.2, 0.25) is 0 Å². The van der Waals surface area contributed by atoms with Gasteiger partial charge < -0.3 is 4.74 Å². The summed E-state index contributed by atoms with van der Waals surface area (Å²) in [6.07, 6.45) is 2.72. The molecule has 18 heavy (non-hydrogen) atoms. The minimum atomic E-state index is -2.34. The van der Waals surface area contributed by atoms with Gasteiger partial charge in [0.1, 0.15) is 0 Å². The largest absolute Gasteiger partial charge is 0.534 e. The third kappa shape index (κ3) is 2.93. The predicted octanol–water partition coefficient (Wildman–Crippen LogP) is 0.0864. The summed E-state index contributed by atoms with van der Waals surface area (Å²) in [5.41, 5.74) is -0.990. The van der Waals surface area contributed by atoms with Crippen molar-refractivity contribution >= 4 is 8.03 Å². The number of ether oxygens (including phenoxy) is 1. The zero-order valence-electron chi connectivity index (χ0n) is 9.88. The molecular formula is C10H14N2O5P+. The van der Waals surface area contributed by atoms with Crippen LogP contribution in [-0.2, 0) is 15.8 Å². The highest BCUT2D eigenvalue weighted by molar-refractivity contribution is 7.37. The Morgan fingerprint density at radius 1 is 1.56 bits per heavy atom. The molecule has 0 saturated heterocycles. The van der Waals surface area contributed by atoms with Crippen LogP contribution >= 0.6 is 8.03 Å². The molecule has 1 aromatic rings. The summed E-state index contributed by atoms with van der Waals surface area (Å²) in [5.74, 6) is 0. The first-order chi connectivity index (χ1) is 8.42. The average molecular weight is 273 g/mol. The molecule has 7 nitrogen and oxygen atoms in total. The molecule has 1 heterocycles. The van der Waals surface area contributed by atoms with Crippen molar-refractivity contribution in [1.29, 1.82) is 0 Å². The van der Waals surface area contributed by atoms with Crippen LogP contribution in [0.4, 0.5) is 0 Å². The van der Waals surface area contributed by atoms with Gasteiger partial charge in [-0.15, -0.1) is 0 Å². The summed E-state index contributed by atoms with van der Waals surface area (Å²) in [4.78, 5) is 33.7. The van der Waals surface area contributed by atoms with E-state index in [1.807, 2.05) is 0 Å². The van der Waals surface area contributed by atoms with Gasteiger partial charge in [0, 0.05) is 11.8 Å². The molecule has 0 aliphatic heterocycles. The number of H-pyrrole nitrogens is 1. The molecule has 1 aliphatic carbocycles. The molecule has 0 radical (unpaired) electrons. The summed E-state index contributed by atoms with van der Waals surface area (Å²) >= 11 is 0. The van der Waals surface area contributed by atoms with Crippen LogP contribution in [0, 0.1) is 6.92 Å². The van der Waals surface area contributed by atoms with Crippen molar-refractivity contribution in [2.24, 2.45) is 0 Å². The van der Waals surface area contributed by atoms with Gasteiger partial charge in [-0.2, -0.15) is 4.89 Å². The van der Waals surface area contributed by atoms with Crippen molar-refractivity contribution < 1.29 is 14.2 Å². The Bertz CT molecular complexity index is 587. The Hall–Kier alpha value is -1.30. The van der Waals surface area contributed by atoms with Gasteiger partial charge in [-0.1, -0.05) is 0 Å². The molecule has 0 bridgehead atoms. The van der Waals surface area contributed by atoms with Gasteiger partial charge >= 0.3 is 13.7 Å². The zero-order chi connectivity index (χ0) is 13.3. The zero-order valence-corrected chi connectivity index (χ0v) is 10.8. The molecule has 1 aromatic heterocycles. The molecule has 1 aliphatic rings. The molecule has 2 rings (SSSR count). The number of aryl methyl sites for hydroxylation is 1. The Kier molecular flexibility index (Phi) is 3.47. The number of hydrogen-bond donors (Lipinski definition) is 2. The van der Waals surface area contributed by atoms with Gasteiger partial charge in [-0.25, -0.2) is 4.79 Å². The minimum Gasteiger partial charge on any atom is -0.326 e. The van der Waals surface area contributed by atoms with E-state index in [4.69, 9.17) is 9.63 Å². The van der Waals surface area contributed by atoms with Crippen molar-refractivity contribution in [2.75, 3.05) is 6.35 Å². The fraction of sp³-hybridized carbons (Fsp3) is 0.600. The Labute approximate surface area is 103 Å². The maximum atomic E-state index is 11.6. The maximum Gasteiger partial charge on any atom is 0.534 e. The third-order valence-corrected chi connectivity index (χ3v) is 3.29. The van der Waals surface area contributed by atoms with E-state index in [0.29, 0.717) is 5.56 Å². The first-order valence-electron chi connectivity index (χ1n) is 5.50. The van der Waals surface area contributed by atoms with Gasteiger partial charge in [-0.05, 0) is 24.3 Å². The van der Waals surface area contributed by atoms with Crippen LogP contribution in [0.3, 0.4) is 0 Å². The lowest BCUT2D eigenvalue weighted by Crippen LogP contribution is -2.35. The second-order valence-electron chi connectivity index (χ2n) is 4.51. The van der Waals surface area contributed by atoms with Gasteiger partial charge in [0.25, 0.3) is 11.9 Å². The topological polar surface area (TPSA) is 101 Å². The molecule has 0 amide bonds. The monoisotopic (exact) mass is 273 g/mol. The molecule has 2 N–H and O–H groups in total. The minimum absolute atomic E-state index is 0.230. The molecule has 0 aromatic carbocycles. The van der Waals surface area contributed by atoms with Crippen molar-refractivity contribution in [3.8, 4) is 0 Å². The normalized spacial score (nSPS) is 17.6. The van der Waals surface area contributed by atoms with E-state index in [9.17, 15) is 14.2 Å². The molecule has 8 heteroatoms. The van der Waals surface area contributed by atoms with Crippen LogP contribution in [0.15, 0.2) is 15.8 Å². The lowest BCUT2D eigenvalue weighted by molar-refractivity contribution is 0.0467. The number of rotatable bonds is 5. The van der Waals surface area contributed by atoms with Crippen LogP contribution in [0.5, 0.6) is 0 Å². The smallest absolute Gasteiger partial charge is 0.326 e. The molecule has 1 atom stereocenters. The summed E-state index contributed by atoms with van der Waals surface area (Å²) in [6, 6.07) is 0. The van der Waals surface area contributed by atoms with E-state index in [1.165, 1.54) is 10.8 Å². The van der Waals surface area contributed by atoms with Crippen molar-refractivity contribution in [3.63, 3.8) is 0 Å². The highest BCUT2D eigenvalue weighted by atomic mass is 31.1. The van der Waals surface area contributed by atoms with Crippen LogP contribution in [0.2, 0.25) is 0 Å². The first kappa shape index (κ1) is 13.1. The molecule has 1 saturated carbocycles. The fourth-order valence-electron chi connectivity index (χ4n) is 1.73. The summed E-state index contributed by atoms with van der Waals surface area (Å²) in [6.45, 7) is 1.90. The van der Waals surface area contributed by atoms with Gasteiger partial charge in [0.05, 0.1) is 12.1 Å². The van der Waals surface area contributed by atoms with Gasteiger partial charge in [-0.3, -0.25) is 14.3 Å². The van der Waals surface area contributed by atoms with E-state index in [2.05, 4.69) is 4.98 Å². The standard InChI is InChI=1S/C10H13N2O5P/c1-7-4-12(9(14)11-8(7)13)5-10(2-3-10)17-6-18(15)16/h4H,2-3,5-6H2,1H3,(H-,11,13,14,15,16)/p+1. The predicted molar refractivity (Wildman–Crippen MR) is 63.8 cm³/mol. The number of aromatic nitrogens is 2. The number of nitrogens with zero attached hydrogens (tertiary/aromatic N) is 1. The van der Waals surface area contributed by atoms with Crippen LogP contribution < -0.4 is 11.2 Å². The Balaban J connectivity index is 2.15. The summed E-state index contributed by atoms with van der Waals surface area (Å²) < 4.78 is 17.3. The lowest BCUT2D eigenvalue weighted by atomic mass is 10.3. The molecule has 1 fully saturated rings.